The van der Waals surface area contributed by atoms with Gasteiger partial charge in [-0.05, 0) is 44.3 Å². The predicted octanol–water partition coefficient (Wildman–Crippen LogP) is 2.20. The zero-order valence-corrected chi connectivity index (χ0v) is 12.6. The smallest absolute Gasteiger partial charge is 0.340 e. The number of hydrogen-bond donors (Lipinski definition) is 2. The number of methoxy groups -OCH3 is 1. The molecule has 5 heteroatoms. The molecule has 0 saturated carbocycles. The molecule has 0 heterocycles. The summed E-state index contributed by atoms with van der Waals surface area (Å²) in [6, 6.07) is 5.23. The van der Waals surface area contributed by atoms with Crippen molar-refractivity contribution in [2.24, 2.45) is 0 Å². The largest absolute Gasteiger partial charge is 0.465 e. The van der Waals surface area contributed by atoms with Crippen molar-refractivity contribution in [3.8, 4) is 0 Å². The van der Waals surface area contributed by atoms with E-state index in [9.17, 15) is 4.79 Å². The van der Waals surface area contributed by atoms with Crippen LogP contribution in [0.1, 0.15) is 30.6 Å². The normalized spacial score (nSPS) is 10.6. The molecule has 1 aromatic rings. The minimum Gasteiger partial charge on any atom is -0.465 e. The maximum Gasteiger partial charge on any atom is 0.340 e. The van der Waals surface area contributed by atoms with Crippen LogP contribution < -0.4 is 11.1 Å². The number of esters is 1. The number of carbonyl (C=O) groups excluding carboxylic acids is 1. The van der Waals surface area contributed by atoms with E-state index in [2.05, 4.69) is 24.1 Å². The van der Waals surface area contributed by atoms with E-state index in [0.717, 1.165) is 38.3 Å². The van der Waals surface area contributed by atoms with Gasteiger partial charge in [0.2, 0.25) is 0 Å². The third kappa shape index (κ3) is 4.74. The van der Waals surface area contributed by atoms with Crippen LogP contribution in [0.5, 0.6) is 0 Å². The van der Waals surface area contributed by atoms with Crippen LogP contribution in [0.25, 0.3) is 0 Å². The molecule has 0 radical (unpaired) electrons. The lowest BCUT2D eigenvalue weighted by Gasteiger charge is -2.18. The van der Waals surface area contributed by atoms with Gasteiger partial charge in [0.15, 0.2) is 0 Å². The Labute approximate surface area is 121 Å². The average molecular weight is 279 g/mol. The predicted molar refractivity (Wildman–Crippen MR) is 83.1 cm³/mol. The van der Waals surface area contributed by atoms with E-state index >= 15 is 0 Å². The van der Waals surface area contributed by atoms with Crippen LogP contribution in [-0.2, 0) is 4.74 Å². The third-order valence-corrected chi connectivity index (χ3v) is 3.31. The Morgan fingerprint density at radius 1 is 1.35 bits per heavy atom. The highest BCUT2D eigenvalue weighted by Crippen LogP contribution is 2.19. The summed E-state index contributed by atoms with van der Waals surface area (Å²) >= 11 is 0. The summed E-state index contributed by atoms with van der Waals surface area (Å²) in [4.78, 5) is 14.1. The van der Waals surface area contributed by atoms with E-state index in [-0.39, 0.29) is 5.97 Å². The van der Waals surface area contributed by atoms with Crippen LogP contribution in [0.4, 0.5) is 11.4 Å². The molecular formula is C15H25N3O2. The lowest BCUT2D eigenvalue weighted by atomic mass is 10.1. The first-order chi connectivity index (χ1) is 9.62. The van der Waals surface area contributed by atoms with E-state index in [0.29, 0.717) is 11.3 Å². The zero-order valence-electron chi connectivity index (χ0n) is 12.6. The highest BCUT2D eigenvalue weighted by molar-refractivity contribution is 5.96. The quantitative estimate of drug-likeness (QED) is 0.434. The van der Waals surface area contributed by atoms with Gasteiger partial charge < -0.3 is 20.7 Å². The number of rotatable bonds is 8. The fourth-order valence-corrected chi connectivity index (χ4v) is 2.06. The van der Waals surface area contributed by atoms with E-state index in [1.165, 1.54) is 7.11 Å². The Balaban J connectivity index is 2.57. The highest BCUT2D eigenvalue weighted by Gasteiger charge is 2.11. The average Bonchev–Trinajstić information content (AvgIpc) is 2.47. The van der Waals surface area contributed by atoms with Gasteiger partial charge in [-0.25, -0.2) is 4.79 Å². The Kier molecular flexibility index (Phi) is 6.87. The van der Waals surface area contributed by atoms with Crippen LogP contribution in [0.15, 0.2) is 18.2 Å². The summed E-state index contributed by atoms with van der Waals surface area (Å²) in [5.41, 5.74) is 7.51. The van der Waals surface area contributed by atoms with Gasteiger partial charge >= 0.3 is 5.97 Å². The molecule has 0 aliphatic heterocycles. The number of benzene rings is 1. The van der Waals surface area contributed by atoms with Crippen LogP contribution in [0, 0.1) is 0 Å². The Hall–Kier alpha value is -1.75. The fourth-order valence-electron chi connectivity index (χ4n) is 2.06. The first-order valence-corrected chi connectivity index (χ1v) is 7.06. The number of nitrogens with two attached hydrogens (primary N) is 1. The van der Waals surface area contributed by atoms with Gasteiger partial charge in [-0.2, -0.15) is 0 Å². The molecule has 1 rings (SSSR count). The molecule has 0 aromatic heterocycles. The number of anilines is 2. The van der Waals surface area contributed by atoms with E-state index in [1.54, 1.807) is 12.1 Å². The van der Waals surface area contributed by atoms with Gasteiger partial charge in [-0.15, -0.1) is 0 Å². The molecule has 0 saturated heterocycles. The number of hydrogen-bond acceptors (Lipinski definition) is 5. The molecule has 0 unspecified atom stereocenters. The Morgan fingerprint density at radius 3 is 2.65 bits per heavy atom. The van der Waals surface area contributed by atoms with Gasteiger partial charge in [0.1, 0.15) is 0 Å². The van der Waals surface area contributed by atoms with Gasteiger partial charge in [-0.3, -0.25) is 0 Å². The van der Waals surface area contributed by atoms with Gasteiger partial charge in [-0.1, -0.05) is 13.8 Å². The highest BCUT2D eigenvalue weighted by atomic mass is 16.5. The van der Waals surface area contributed by atoms with E-state index in [1.807, 2.05) is 6.07 Å². The molecule has 0 amide bonds. The lowest BCUT2D eigenvalue weighted by molar-refractivity contribution is 0.0602. The van der Waals surface area contributed by atoms with Gasteiger partial charge in [0, 0.05) is 17.9 Å². The minimum atomic E-state index is -0.372. The van der Waals surface area contributed by atoms with Crippen LogP contribution in [-0.4, -0.2) is 44.2 Å². The first kappa shape index (κ1) is 16.3. The molecule has 0 aliphatic carbocycles. The third-order valence-electron chi connectivity index (χ3n) is 3.31. The molecule has 5 nitrogen and oxygen atoms in total. The number of ether oxygens (including phenoxy) is 1. The second-order valence-corrected chi connectivity index (χ2v) is 4.60. The molecular weight excluding hydrogens is 254 g/mol. The van der Waals surface area contributed by atoms with Crippen molar-refractivity contribution in [3.63, 3.8) is 0 Å². The second-order valence-electron chi connectivity index (χ2n) is 4.60. The number of carbonyl (C=O) groups is 1. The van der Waals surface area contributed by atoms with Crippen LogP contribution in [0.2, 0.25) is 0 Å². The summed E-state index contributed by atoms with van der Waals surface area (Å²) in [6.45, 7) is 8.29. The summed E-state index contributed by atoms with van der Waals surface area (Å²) in [6.07, 6.45) is 1.02. The van der Waals surface area contributed by atoms with Gasteiger partial charge in [0.25, 0.3) is 0 Å². The SMILES string of the molecule is CCN(CC)CCCNc1ccc(N)cc1C(=O)OC. The molecule has 112 valence electrons. The summed E-state index contributed by atoms with van der Waals surface area (Å²) < 4.78 is 4.77. The van der Waals surface area contributed by atoms with E-state index in [4.69, 9.17) is 10.5 Å². The topological polar surface area (TPSA) is 67.6 Å². The van der Waals surface area contributed by atoms with Crippen LogP contribution >= 0.6 is 0 Å². The van der Waals surface area contributed by atoms with Crippen LogP contribution in [0.3, 0.4) is 0 Å². The van der Waals surface area contributed by atoms with E-state index < -0.39 is 0 Å². The van der Waals surface area contributed by atoms with Crippen molar-refractivity contribution >= 4 is 17.3 Å². The zero-order chi connectivity index (χ0) is 15.0. The number of nitrogen functional groups attached to an aromatic ring is 1. The summed E-state index contributed by atoms with van der Waals surface area (Å²) in [5, 5.41) is 3.28. The molecule has 0 bridgehead atoms. The van der Waals surface area contributed by atoms with Crippen molar-refractivity contribution in [3.05, 3.63) is 23.8 Å². The number of nitrogens with zero attached hydrogens (tertiary/aromatic N) is 1. The Bertz CT molecular complexity index is 431. The van der Waals surface area contributed by atoms with Crippen molar-refractivity contribution < 1.29 is 9.53 Å². The molecule has 0 atom stereocenters. The van der Waals surface area contributed by atoms with Crippen molar-refractivity contribution in [2.45, 2.75) is 20.3 Å². The van der Waals surface area contributed by atoms with Crippen molar-refractivity contribution in [2.75, 3.05) is 44.3 Å². The number of nitrogens with one attached hydrogen (secondary N) is 1. The molecule has 0 fully saturated rings. The van der Waals surface area contributed by atoms with Gasteiger partial charge in [0.05, 0.1) is 12.7 Å². The molecule has 20 heavy (non-hydrogen) atoms. The maximum absolute atomic E-state index is 11.7. The van der Waals surface area contributed by atoms with Crippen molar-refractivity contribution in [1.29, 1.82) is 0 Å². The van der Waals surface area contributed by atoms with Crippen molar-refractivity contribution in [1.82, 2.24) is 4.90 Å². The lowest BCUT2D eigenvalue weighted by Crippen LogP contribution is -2.25. The molecule has 3 N–H and O–H groups in total. The second kappa shape index (κ2) is 8.43. The monoisotopic (exact) mass is 279 g/mol. The maximum atomic E-state index is 11.7. The molecule has 0 spiro atoms. The first-order valence-electron chi connectivity index (χ1n) is 7.06. The minimum absolute atomic E-state index is 0.372. The summed E-state index contributed by atoms with van der Waals surface area (Å²) in [7, 11) is 1.37. The Morgan fingerprint density at radius 2 is 2.05 bits per heavy atom. The molecule has 0 aliphatic rings. The summed E-state index contributed by atoms with van der Waals surface area (Å²) in [5.74, 6) is -0.372. The standard InChI is InChI=1S/C15H25N3O2/c1-4-18(5-2)10-6-9-17-14-8-7-12(16)11-13(14)15(19)20-3/h7-8,11,17H,4-6,9-10,16H2,1-3H3. The fraction of sp³-hybridized carbons (Fsp3) is 0.533. The molecule has 1 aromatic carbocycles.